The molecule has 4 aromatic rings. The Bertz CT molecular complexity index is 1490. The van der Waals surface area contributed by atoms with Gasteiger partial charge in [-0.2, -0.15) is 5.10 Å². The lowest BCUT2D eigenvalue weighted by Gasteiger charge is -2.25. The number of carbonyl (C=O) groups excluding carboxylic acids is 1. The minimum Gasteiger partial charge on any atom is -0.495 e. The number of anilines is 3. The molecule has 2 N–H and O–H groups in total. The standard InChI is InChI=1S/C28H33N7O3/c1-16-13-21(33-34(16)3)19-10-11-20(23(14-19)37-4)30-22-15-24(32-28(36)18-8-9-18)31-27-26(22)29-17(2)35(27)25-7-5-6-12-38-25/h10-11,13-15,18,25H,5-9,12H2,1-4H3,(H2,30,31,32,36). The molecule has 1 aliphatic carbocycles. The molecule has 6 rings (SSSR count). The molecule has 10 nitrogen and oxygen atoms in total. The van der Waals surface area contributed by atoms with Gasteiger partial charge in [-0.3, -0.25) is 14.0 Å². The fourth-order valence-corrected chi connectivity index (χ4v) is 4.98. The Morgan fingerprint density at radius 1 is 1.08 bits per heavy atom. The fourth-order valence-electron chi connectivity index (χ4n) is 4.98. The molecule has 1 saturated carbocycles. The number of ether oxygens (including phenoxy) is 2. The molecule has 1 aromatic carbocycles. The van der Waals surface area contributed by atoms with Crippen LogP contribution in [0.5, 0.6) is 5.75 Å². The van der Waals surface area contributed by atoms with E-state index in [1.165, 1.54) is 0 Å². The van der Waals surface area contributed by atoms with Crippen molar-refractivity contribution < 1.29 is 14.3 Å². The second-order valence-electron chi connectivity index (χ2n) is 10.2. The van der Waals surface area contributed by atoms with E-state index in [-0.39, 0.29) is 18.1 Å². The number of nitrogens with zero attached hydrogens (tertiary/aromatic N) is 5. The average molecular weight is 516 g/mol. The van der Waals surface area contributed by atoms with Crippen LogP contribution < -0.4 is 15.4 Å². The highest BCUT2D eigenvalue weighted by Gasteiger charge is 2.30. The van der Waals surface area contributed by atoms with Crippen LogP contribution in [0, 0.1) is 19.8 Å². The van der Waals surface area contributed by atoms with Crippen LogP contribution in [0.25, 0.3) is 22.4 Å². The highest BCUT2D eigenvalue weighted by molar-refractivity contribution is 5.97. The predicted octanol–water partition coefficient (Wildman–Crippen LogP) is 5.25. The first-order chi connectivity index (χ1) is 18.4. The highest BCUT2D eigenvalue weighted by atomic mass is 16.5. The zero-order valence-corrected chi connectivity index (χ0v) is 22.2. The largest absolute Gasteiger partial charge is 0.495 e. The number of hydrogen-bond acceptors (Lipinski definition) is 7. The number of carbonyl (C=O) groups is 1. The van der Waals surface area contributed by atoms with Crippen molar-refractivity contribution in [2.45, 2.75) is 52.2 Å². The molecule has 1 unspecified atom stereocenters. The number of benzene rings is 1. The van der Waals surface area contributed by atoms with E-state index in [9.17, 15) is 4.79 Å². The first kappa shape index (κ1) is 24.4. The maximum atomic E-state index is 12.6. The number of amides is 1. The van der Waals surface area contributed by atoms with Gasteiger partial charge in [-0.15, -0.1) is 0 Å². The molecule has 1 amide bonds. The number of pyridine rings is 1. The zero-order chi connectivity index (χ0) is 26.4. The van der Waals surface area contributed by atoms with Gasteiger partial charge in [0.25, 0.3) is 0 Å². The van der Waals surface area contributed by atoms with Gasteiger partial charge in [0, 0.05) is 36.9 Å². The lowest BCUT2D eigenvalue weighted by molar-refractivity contribution is -0.117. The van der Waals surface area contributed by atoms with Crippen molar-refractivity contribution >= 4 is 34.3 Å². The van der Waals surface area contributed by atoms with Crippen molar-refractivity contribution in [3.05, 3.63) is 41.9 Å². The summed E-state index contributed by atoms with van der Waals surface area (Å²) in [6.45, 7) is 4.71. The maximum Gasteiger partial charge on any atom is 0.228 e. The molecule has 0 spiro atoms. The smallest absolute Gasteiger partial charge is 0.228 e. The molecule has 1 saturated heterocycles. The normalized spacial score (nSPS) is 17.5. The second kappa shape index (κ2) is 9.75. The van der Waals surface area contributed by atoms with Crippen molar-refractivity contribution in [3.8, 4) is 17.0 Å². The van der Waals surface area contributed by atoms with E-state index in [1.807, 2.05) is 55.9 Å². The Balaban J connectivity index is 1.41. The Morgan fingerprint density at radius 3 is 2.61 bits per heavy atom. The second-order valence-corrected chi connectivity index (χ2v) is 10.2. The van der Waals surface area contributed by atoms with Gasteiger partial charge in [0.15, 0.2) is 5.65 Å². The third-order valence-electron chi connectivity index (χ3n) is 7.35. The lowest BCUT2D eigenvalue weighted by atomic mass is 10.1. The lowest BCUT2D eigenvalue weighted by Crippen LogP contribution is -2.20. The molecule has 3 aromatic heterocycles. The van der Waals surface area contributed by atoms with Crippen LogP contribution in [0.2, 0.25) is 0 Å². The van der Waals surface area contributed by atoms with E-state index < -0.39 is 0 Å². The fraction of sp³-hybridized carbons (Fsp3) is 0.429. The SMILES string of the molecule is COc1cc(-c2cc(C)n(C)n2)ccc1Nc1cc(NC(=O)C2CC2)nc2c1nc(C)n2C1CCCCO1. The quantitative estimate of drug-likeness (QED) is 0.346. The van der Waals surface area contributed by atoms with Gasteiger partial charge < -0.3 is 20.1 Å². The molecule has 0 radical (unpaired) electrons. The number of fused-ring (bicyclic) bond motifs is 1. The zero-order valence-electron chi connectivity index (χ0n) is 22.2. The minimum absolute atomic E-state index is 0.00657. The number of rotatable bonds is 7. The van der Waals surface area contributed by atoms with Crippen molar-refractivity contribution in [2.24, 2.45) is 13.0 Å². The molecule has 1 aliphatic heterocycles. The first-order valence-electron chi connectivity index (χ1n) is 13.2. The third-order valence-corrected chi connectivity index (χ3v) is 7.35. The monoisotopic (exact) mass is 515 g/mol. The van der Waals surface area contributed by atoms with Crippen LogP contribution in [-0.2, 0) is 16.6 Å². The Morgan fingerprint density at radius 2 is 1.92 bits per heavy atom. The van der Waals surface area contributed by atoms with Gasteiger partial charge in [-0.25, -0.2) is 9.97 Å². The summed E-state index contributed by atoms with van der Waals surface area (Å²) in [4.78, 5) is 22.3. The van der Waals surface area contributed by atoms with Gasteiger partial charge in [-0.1, -0.05) is 6.07 Å². The van der Waals surface area contributed by atoms with Crippen LogP contribution in [0.3, 0.4) is 0 Å². The number of imidazole rings is 1. The van der Waals surface area contributed by atoms with Gasteiger partial charge in [0.1, 0.15) is 29.1 Å². The molecule has 198 valence electrons. The van der Waals surface area contributed by atoms with E-state index in [2.05, 4.69) is 20.3 Å². The summed E-state index contributed by atoms with van der Waals surface area (Å²) < 4.78 is 15.8. The van der Waals surface area contributed by atoms with E-state index in [0.717, 1.165) is 66.3 Å². The topological polar surface area (TPSA) is 108 Å². The predicted molar refractivity (Wildman–Crippen MR) is 146 cm³/mol. The summed E-state index contributed by atoms with van der Waals surface area (Å²) in [5.74, 6) is 2.06. The number of aromatic nitrogens is 5. The summed E-state index contributed by atoms with van der Waals surface area (Å²) >= 11 is 0. The Labute approximate surface area is 221 Å². The summed E-state index contributed by atoms with van der Waals surface area (Å²) in [7, 11) is 3.58. The van der Waals surface area contributed by atoms with Gasteiger partial charge in [-0.05, 0) is 64.2 Å². The number of aryl methyl sites for hydroxylation is 3. The van der Waals surface area contributed by atoms with E-state index in [1.54, 1.807) is 7.11 Å². The molecule has 38 heavy (non-hydrogen) atoms. The molecular formula is C28H33N7O3. The first-order valence-corrected chi connectivity index (χ1v) is 13.2. The molecule has 2 aliphatic rings. The molecule has 1 atom stereocenters. The van der Waals surface area contributed by atoms with Crippen LogP contribution in [0.4, 0.5) is 17.2 Å². The van der Waals surface area contributed by atoms with E-state index >= 15 is 0 Å². The van der Waals surface area contributed by atoms with Crippen molar-refractivity contribution in [1.82, 2.24) is 24.3 Å². The molecule has 4 heterocycles. The molecule has 2 fully saturated rings. The van der Waals surface area contributed by atoms with Crippen molar-refractivity contribution in [1.29, 1.82) is 0 Å². The van der Waals surface area contributed by atoms with Crippen LogP contribution >= 0.6 is 0 Å². The maximum absolute atomic E-state index is 12.6. The number of hydrogen-bond donors (Lipinski definition) is 2. The van der Waals surface area contributed by atoms with Gasteiger partial charge in [0.2, 0.25) is 5.91 Å². The van der Waals surface area contributed by atoms with Gasteiger partial charge in [0.05, 0.1) is 24.2 Å². The van der Waals surface area contributed by atoms with Crippen molar-refractivity contribution in [3.63, 3.8) is 0 Å². The van der Waals surface area contributed by atoms with Gasteiger partial charge >= 0.3 is 0 Å². The molecular weight excluding hydrogens is 482 g/mol. The van der Waals surface area contributed by atoms with E-state index in [0.29, 0.717) is 29.3 Å². The minimum atomic E-state index is -0.126. The highest BCUT2D eigenvalue weighted by Crippen LogP contribution is 2.37. The summed E-state index contributed by atoms with van der Waals surface area (Å²) in [6, 6.07) is 9.85. The third kappa shape index (κ3) is 4.60. The van der Waals surface area contributed by atoms with Crippen LogP contribution in [0.15, 0.2) is 30.3 Å². The number of nitrogens with one attached hydrogen (secondary N) is 2. The average Bonchev–Trinajstić information content (AvgIpc) is 3.64. The van der Waals surface area contributed by atoms with E-state index in [4.69, 9.17) is 19.4 Å². The summed E-state index contributed by atoms with van der Waals surface area (Å²) in [5.41, 5.74) is 5.83. The Hall–Kier alpha value is -3.92. The Kier molecular flexibility index (Phi) is 6.27. The summed E-state index contributed by atoms with van der Waals surface area (Å²) in [6.07, 6.45) is 4.76. The number of methoxy groups -OCH3 is 1. The van der Waals surface area contributed by atoms with Crippen LogP contribution in [0.1, 0.15) is 49.9 Å². The summed E-state index contributed by atoms with van der Waals surface area (Å²) in [5, 5.41) is 11.1. The van der Waals surface area contributed by atoms with Crippen molar-refractivity contribution in [2.75, 3.05) is 24.4 Å². The van der Waals surface area contributed by atoms with Crippen LogP contribution in [-0.4, -0.2) is 43.9 Å². The molecule has 10 heteroatoms. The molecule has 0 bridgehead atoms.